The molecule has 0 spiro atoms. The Morgan fingerprint density at radius 1 is 1.05 bits per heavy atom. The number of alkyl halides is 3. The molecule has 38 heavy (non-hydrogen) atoms. The van der Waals surface area contributed by atoms with Crippen LogP contribution in [0.5, 0.6) is 0 Å². The van der Waals surface area contributed by atoms with Crippen molar-refractivity contribution in [2.24, 2.45) is 5.73 Å². The van der Waals surface area contributed by atoms with Gasteiger partial charge in [0.15, 0.2) is 0 Å². The molecule has 1 aliphatic rings. The number of imidazole rings is 1. The van der Waals surface area contributed by atoms with Gasteiger partial charge in [0, 0.05) is 41.7 Å². The maximum atomic E-state index is 13.3. The van der Waals surface area contributed by atoms with Gasteiger partial charge in [-0.05, 0) is 49.4 Å². The third-order valence-electron chi connectivity index (χ3n) is 6.28. The number of aromatic nitrogens is 4. The third-order valence-corrected chi connectivity index (χ3v) is 6.28. The first-order valence-corrected chi connectivity index (χ1v) is 12.2. The Kier molecular flexibility index (Phi) is 6.75. The van der Waals surface area contributed by atoms with Gasteiger partial charge in [-0.3, -0.25) is 14.2 Å². The van der Waals surface area contributed by atoms with Crippen LogP contribution in [0, 0.1) is 0 Å². The minimum absolute atomic E-state index is 0.00162. The number of nitrogens with one attached hydrogen (secondary N) is 1. The first kappa shape index (κ1) is 25.2. The number of rotatable bonds is 9. The number of para-hydroxylation sites is 1. The highest BCUT2D eigenvalue weighted by Gasteiger charge is 2.32. The standard InChI is InChI=1S/C27H25F3N6O2/c28-27(29,30)36-15-17(14-32-36)21-9-5-10-22(25(31)38)24(21)26-34-19(6-4-11-23(37)33-18-12-13-18)16-35(26)20-7-2-1-3-8-20/h1-3,5,7-10,14-16,18H,4,6,11-13H2,(H2,31,38)(H,33,37). The molecule has 196 valence electrons. The summed E-state index contributed by atoms with van der Waals surface area (Å²) < 4.78 is 41.5. The van der Waals surface area contributed by atoms with E-state index in [0.717, 1.165) is 30.9 Å². The van der Waals surface area contributed by atoms with Crippen molar-refractivity contribution in [2.45, 2.75) is 44.4 Å². The van der Waals surface area contributed by atoms with E-state index < -0.39 is 12.2 Å². The summed E-state index contributed by atoms with van der Waals surface area (Å²) in [5, 5.41) is 6.41. The van der Waals surface area contributed by atoms with Gasteiger partial charge in [-0.25, -0.2) is 4.98 Å². The zero-order valence-corrected chi connectivity index (χ0v) is 20.3. The minimum Gasteiger partial charge on any atom is -0.366 e. The molecule has 0 aliphatic heterocycles. The van der Waals surface area contributed by atoms with Crippen molar-refractivity contribution in [3.63, 3.8) is 0 Å². The summed E-state index contributed by atoms with van der Waals surface area (Å²) in [6, 6.07) is 14.2. The average Bonchev–Trinajstić information content (AvgIpc) is 3.38. The number of benzene rings is 2. The summed E-state index contributed by atoms with van der Waals surface area (Å²) in [5.41, 5.74) is 8.00. The van der Waals surface area contributed by atoms with Crippen molar-refractivity contribution in [1.82, 2.24) is 24.6 Å². The highest BCUT2D eigenvalue weighted by Crippen LogP contribution is 2.37. The molecule has 0 radical (unpaired) electrons. The number of carbonyl (C=O) groups excluding carboxylic acids is 2. The number of amides is 2. The van der Waals surface area contributed by atoms with E-state index in [9.17, 15) is 22.8 Å². The lowest BCUT2D eigenvalue weighted by molar-refractivity contribution is -0.212. The number of carbonyl (C=O) groups is 2. The predicted molar refractivity (Wildman–Crippen MR) is 134 cm³/mol. The van der Waals surface area contributed by atoms with Gasteiger partial charge >= 0.3 is 6.30 Å². The quantitative estimate of drug-likeness (QED) is 0.336. The average molecular weight is 523 g/mol. The molecule has 1 saturated carbocycles. The van der Waals surface area contributed by atoms with Crippen molar-refractivity contribution >= 4 is 11.8 Å². The van der Waals surface area contributed by atoms with Crippen LogP contribution in [0.25, 0.3) is 28.2 Å². The molecule has 2 amide bonds. The number of primary amides is 1. The highest BCUT2D eigenvalue weighted by molar-refractivity contribution is 6.03. The van der Waals surface area contributed by atoms with Crippen molar-refractivity contribution in [1.29, 1.82) is 0 Å². The van der Waals surface area contributed by atoms with Crippen LogP contribution >= 0.6 is 0 Å². The van der Waals surface area contributed by atoms with Crippen LogP contribution in [0.15, 0.2) is 67.1 Å². The molecule has 1 fully saturated rings. The second kappa shape index (κ2) is 10.2. The molecule has 5 rings (SSSR count). The molecule has 1 aliphatic carbocycles. The summed E-state index contributed by atoms with van der Waals surface area (Å²) in [7, 11) is 0. The van der Waals surface area contributed by atoms with Gasteiger partial charge in [0.1, 0.15) is 5.82 Å². The van der Waals surface area contributed by atoms with Crippen molar-refractivity contribution < 1.29 is 22.8 Å². The summed E-state index contributed by atoms with van der Waals surface area (Å²) in [5.74, 6) is -0.401. The Morgan fingerprint density at radius 3 is 2.47 bits per heavy atom. The van der Waals surface area contributed by atoms with Gasteiger partial charge < -0.3 is 11.1 Å². The lowest BCUT2D eigenvalue weighted by Crippen LogP contribution is -2.25. The molecule has 2 heterocycles. The molecule has 2 aromatic carbocycles. The topological polar surface area (TPSA) is 108 Å². The van der Waals surface area contributed by atoms with Crippen LogP contribution in [0.2, 0.25) is 0 Å². The van der Waals surface area contributed by atoms with Gasteiger partial charge in [0.05, 0.1) is 17.5 Å². The van der Waals surface area contributed by atoms with Crippen molar-refractivity contribution in [2.75, 3.05) is 0 Å². The van der Waals surface area contributed by atoms with Crippen LogP contribution in [-0.4, -0.2) is 37.2 Å². The lowest BCUT2D eigenvalue weighted by atomic mass is 9.96. The number of nitrogens with two attached hydrogens (primary N) is 1. The van der Waals surface area contributed by atoms with E-state index in [1.165, 1.54) is 6.07 Å². The minimum atomic E-state index is -4.69. The molecule has 2 aromatic heterocycles. The monoisotopic (exact) mass is 522 g/mol. The molecular weight excluding hydrogens is 497 g/mol. The lowest BCUT2D eigenvalue weighted by Gasteiger charge is -2.14. The normalized spacial score (nSPS) is 13.4. The third kappa shape index (κ3) is 5.46. The van der Waals surface area contributed by atoms with Gasteiger partial charge in [0.25, 0.3) is 0 Å². The molecule has 8 nitrogen and oxygen atoms in total. The van der Waals surface area contributed by atoms with E-state index >= 15 is 0 Å². The fourth-order valence-electron chi connectivity index (χ4n) is 4.31. The molecule has 4 aromatic rings. The van der Waals surface area contributed by atoms with Crippen LogP contribution in [0.3, 0.4) is 0 Å². The molecule has 0 bridgehead atoms. The van der Waals surface area contributed by atoms with Crippen LogP contribution in [0.4, 0.5) is 13.2 Å². The first-order chi connectivity index (χ1) is 18.2. The smallest absolute Gasteiger partial charge is 0.366 e. The zero-order valence-electron chi connectivity index (χ0n) is 20.3. The number of halogens is 3. The fraction of sp³-hybridized carbons (Fsp3) is 0.259. The van der Waals surface area contributed by atoms with Gasteiger partial charge in [-0.2, -0.15) is 9.78 Å². The Hall–Kier alpha value is -4.41. The number of aryl methyl sites for hydroxylation is 1. The van der Waals surface area contributed by atoms with Gasteiger partial charge in [-0.15, -0.1) is 13.2 Å². The van der Waals surface area contributed by atoms with Gasteiger partial charge in [0.2, 0.25) is 11.8 Å². The molecule has 0 unspecified atom stereocenters. The summed E-state index contributed by atoms with van der Waals surface area (Å²) >= 11 is 0. The summed E-state index contributed by atoms with van der Waals surface area (Å²) in [6.07, 6.45) is 2.50. The van der Waals surface area contributed by atoms with Gasteiger partial charge in [-0.1, -0.05) is 30.3 Å². The molecule has 0 saturated heterocycles. The number of hydrogen-bond donors (Lipinski definition) is 2. The second-order valence-electron chi connectivity index (χ2n) is 9.19. The summed E-state index contributed by atoms with van der Waals surface area (Å²) in [6.45, 7) is 0. The van der Waals surface area contributed by atoms with Crippen LogP contribution in [-0.2, 0) is 17.5 Å². The molecule has 11 heteroatoms. The van der Waals surface area contributed by atoms with E-state index in [1.807, 2.05) is 36.5 Å². The van der Waals surface area contributed by atoms with E-state index in [2.05, 4.69) is 10.4 Å². The van der Waals surface area contributed by atoms with Crippen molar-refractivity contribution in [3.05, 3.63) is 78.4 Å². The fourth-order valence-corrected chi connectivity index (χ4v) is 4.31. The zero-order chi connectivity index (χ0) is 26.9. The maximum absolute atomic E-state index is 13.3. The Morgan fingerprint density at radius 2 is 1.82 bits per heavy atom. The molecule has 3 N–H and O–H groups in total. The van der Waals surface area contributed by atoms with E-state index in [0.29, 0.717) is 41.9 Å². The largest absolute Gasteiger partial charge is 0.504 e. The molecule has 0 atom stereocenters. The predicted octanol–water partition coefficient (Wildman–Crippen LogP) is 4.58. The maximum Gasteiger partial charge on any atom is 0.504 e. The Bertz CT molecular complexity index is 1470. The number of nitrogens with zero attached hydrogens (tertiary/aromatic N) is 4. The van der Waals surface area contributed by atoms with E-state index in [-0.39, 0.29) is 27.8 Å². The SMILES string of the molecule is NC(=O)c1cccc(-c2cnn(C(F)(F)F)c2)c1-c1nc(CCCC(=O)NC2CC2)cn1-c1ccccc1. The first-order valence-electron chi connectivity index (χ1n) is 12.2. The van der Waals surface area contributed by atoms with Crippen LogP contribution in [0.1, 0.15) is 41.7 Å². The second-order valence-corrected chi connectivity index (χ2v) is 9.19. The van der Waals surface area contributed by atoms with Crippen molar-refractivity contribution in [3.8, 4) is 28.2 Å². The van der Waals surface area contributed by atoms with E-state index in [4.69, 9.17) is 10.7 Å². The Labute approximate surface area is 216 Å². The van der Waals surface area contributed by atoms with E-state index in [1.54, 1.807) is 16.7 Å². The molecular formula is C27H25F3N6O2. The summed E-state index contributed by atoms with van der Waals surface area (Å²) in [4.78, 5) is 29.4. The van der Waals surface area contributed by atoms with Crippen LogP contribution < -0.4 is 11.1 Å². The highest BCUT2D eigenvalue weighted by atomic mass is 19.4. The Balaban J connectivity index is 1.58. The number of hydrogen-bond acceptors (Lipinski definition) is 4.